The molecule has 0 unspecified atom stereocenters. The minimum absolute atomic E-state index is 0.144. The van der Waals surface area contributed by atoms with Gasteiger partial charge in [-0.05, 0) is 74.2 Å². The van der Waals surface area contributed by atoms with Gasteiger partial charge in [0.25, 0.3) is 5.56 Å². The molecule has 2 heterocycles. The summed E-state index contributed by atoms with van der Waals surface area (Å²) < 4.78 is 23.3. The van der Waals surface area contributed by atoms with Crippen molar-refractivity contribution in [3.8, 4) is 17.2 Å². The number of esters is 2. The molecule has 0 saturated heterocycles. The first-order valence-electron chi connectivity index (χ1n) is 13.3. The van der Waals surface area contributed by atoms with E-state index in [-0.39, 0.29) is 30.1 Å². The maximum absolute atomic E-state index is 13.9. The second kappa shape index (κ2) is 13.3. The molecule has 1 atom stereocenters. The van der Waals surface area contributed by atoms with Crippen LogP contribution in [0.25, 0.3) is 6.08 Å². The van der Waals surface area contributed by atoms with Crippen LogP contribution in [0.2, 0.25) is 0 Å². The van der Waals surface area contributed by atoms with E-state index in [4.69, 9.17) is 14.2 Å². The zero-order valence-corrected chi connectivity index (χ0v) is 24.7. The summed E-state index contributed by atoms with van der Waals surface area (Å²) >= 11 is 1.19. The van der Waals surface area contributed by atoms with E-state index in [2.05, 4.69) is 16.3 Å². The molecule has 1 N–H and O–H groups in total. The van der Waals surface area contributed by atoms with Crippen molar-refractivity contribution in [3.05, 3.63) is 96.7 Å². The quantitative estimate of drug-likeness (QED) is 0.266. The molecule has 11 heteroatoms. The average molecular weight is 593 g/mol. The van der Waals surface area contributed by atoms with Crippen LogP contribution in [0.4, 0.5) is 0 Å². The fourth-order valence-electron chi connectivity index (χ4n) is 4.55. The number of benzene rings is 2. The Kier molecular flexibility index (Phi) is 9.64. The maximum Gasteiger partial charge on any atom is 0.343 e. The van der Waals surface area contributed by atoms with Crippen molar-refractivity contribution in [2.24, 2.45) is 4.99 Å². The molecule has 0 saturated carbocycles. The first-order chi connectivity index (χ1) is 20.2. The van der Waals surface area contributed by atoms with E-state index in [0.29, 0.717) is 50.7 Å². The number of aromatic hydroxyl groups is 1. The van der Waals surface area contributed by atoms with Crippen molar-refractivity contribution in [1.29, 1.82) is 0 Å². The van der Waals surface area contributed by atoms with Crippen LogP contribution in [0.5, 0.6) is 17.2 Å². The summed E-state index contributed by atoms with van der Waals surface area (Å²) in [5.74, 6) is -0.360. The second-order valence-electron chi connectivity index (χ2n) is 9.19. The van der Waals surface area contributed by atoms with Crippen LogP contribution in [-0.4, -0.2) is 48.5 Å². The monoisotopic (exact) mass is 592 g/mol. The number of carbonyl (C=O) groups is 2. The maximum atomic E-state index is 13.9. The Labute approximate surface area is 246 Å². The summed E-state index contributed by atoms with van der Waals surface area (Å²) in [4.78, 5) is 43.8. The molecule has 1 aliphatic heterocycles. The van der Waals surface area contributed by atoms with E-state index in [1.165, 1.54) is 23.0 Å². The third-order valence-electron chi connectivity index (χ3n) is 6.44. The van der Waals surface area contributed by atoms with Crippen LogP contribution in [0.15, 0.2) is 70.1 Å². The van der Waals surface area contributed by atoms with Gasteiger partial charge in [0.05, 0.1) is 42.2 Å². The highest BCUT2D eigenvalue weighted by molar-refractivity contribution is 7.07. The number of hydrogen-bond donors (Lipinski definition) is 1. The van der Waals surface area contributed by atoms with Crippen LogP contribution in [-0.2, 0) is 25.5 Å². The van der Waals surface area contributed by atoms with E-state index in [0.717, 1.165) is 5.56 Å². The van der Waals surface area contributed by atoms with Crippen molar-refractivity contribution < 1.29 is 33.6 Å². The number of hydrogen-bond acceptors (Lipinski definition) is 10. The second-order valence-corrected chi connectivity index (χ2v) is 10.2. The van der Waals surface area contributed by atoms with Crippen molar-refractivity contribution in [2.45, 2.75) is 33.2 Å². The van der Waals surface area contributed by atoms with Gasteiger partial charge in [-0.25, -0.2) is 14.6 Å². The van der Waals surface area contributed by atoms with Crippen molar-refractivity contribution in [2.75, 3.05) is 26.9 Å². The first kappa shape index (κ1) is 30.3. The lowest BCUT2D eigenvalue weighted by molar-refractivity contribution is -0.143. The highest BCUT2D eigenvalue weighted by Gasteiger charge is 2.34. The van der Waals surface area contributed by atoms with Crippen LogP contribution in [0.1, 0.15) is 43.5 Å². The predicted molar refractivity (Wildman–Crippen MR) is 158 cm³/mol. The number of carbonyl (C=O) groups excluding carboxylic acids is 2. The third-order valence-corrected chi connectivity index (χ3v) is 7.42. The molecule has 0 aliphatic carbocycles. The summed E-state index contributed by atoms with van der Waals surface area (Å²) in [7, 11) is 1.27. The zero-order chi connectivity index (χ0) is 30.4. The highest BCUT2D eigenvalue weighted by atomic mass is 32.1. The molecular weight excluding hydrogens is 560 g/mol. The van der Waals surface area contributed by atoms with E-state index in [1.54, 1.807) is 69.3 Å². The number of ether oxygens (including phenoxy) is 4. The third kappa shape index (κ3) is 6.31. The van der Waals surface area contributed by atoms with Crippen LogP contribution in [0.3, 0.4) is 0 Å². The molecule has 42 heavy (non-hydrogen) atoms. The number of rotatable bonds is 11. The molecule has 0 spiro atoms. The lowest BCUT2D eigenvalue weighted by Gasteiger charge is -2.25. The Bertz CT molecular complexity index is 1730. The number of aromatic nitrogens is 1. The molecule has 2 aromatic carbocycles. The Morgan fingerprint density at radius 2 is 1.90 bits per heavy atom. The molecule has 0 fully saturated rings. The molecule has 1 aliphatic rings. The van der Waals surface area contributed by atoms with E-state index in [9.17, 15) is 19.5 Å². The van der Waals surface area contributed by atoms with E-state index < -0.39 is 18.0 Å². The highest BCUT2D eigenvalue weighted by Crippen LogP contribution is 2.36. The van der Waals surface area contributed by atoms with Gasteiger partial charge >= 0.3 is 11.9 Å². The number of methoxy groups -OCH3 is 1. The Balaban J connectivity index is 1.89. The fraction of sp³-hybridized carbons (Fsp3) is 0.290. The van der Waals surface area contributed by atoms with Gasteiger partial charge in [0.15, 0.2) is 22.9 Å². The predicted octanol–water partition coefficient (Wildman–Crippen LogP) is 3.18. The SMILES string of the molecule is C=CCc1cc(/C=c2\sc3n(c2=O)[C@@H](c2ccc(OCC(=O)OC)c(OCC)c2)C(C(=O)OCC)=C(C)N=3)ccc1O. The topological polar surface area (TPSA) is 126 Å². The number of allylic oxidation sites excluding steroid dienone is 2. The minimum atomic E-state index is -0.868. The van der Waals surface area contributed by atoms with Gasteiger partial charge in [0.1, 0.15) is 5.75 Å². The Morgan fingerprint density at radius 3 is 2.60 bits per heavy atom. The molecule has 0 radical (unpaired) electrons. The first-order valence-corrected chi connectivity index (χ1v) is 14.1. The normalized spacial score (nSPS) is 14.6. The number of thiazole rings is 1. The standard InChI is InChI=1S/C31H32N2O8S/c1-6-9-20-14-19(10-12-22(20)34)15-25-29(36)33-28(27(30(37)40-8-3)18(4)32-31(33)42-25)21-11-13-23(24(16-21)39-7-2)41-17-26(35)38-5/h6,10-16,28,34H,1,7-9,17H2,2-5H3/b25-15-/t28-/m0/s1. The number of fused-ring (bicyclic) bond motifs is 1. The van der Waals surface area contributed by atoms with Crippen molar-refractivity contribution >= 4 is 29.4 Å². The van der Waals surface area contributed by atoms with Gasteiger partial charge in [-0.3, -0.25) is 9.36 Å². The van der Waals surface area contributed by atoms with E-state index in [1.807, 2.05) is 0 Å². The summed E-state index contributed by atoms with van der Waals surface area (Å²) in [6, 6.07) is 9.22. The van der Waals surface area contributed by atoms with Gasteiger partial charge in [0, 0.05) is 0 Å². The largest absolute Gasteiger partial charge is 0.508 e. The Morgan fingerprint density at radius 1 is 1.12 bits per heavy atom. The molecule has 220 valence electrons. The molecule has 10 nitrogen and oxygen atoms in total. The molecule has 3 aromatic rings. The summed E-state index contributed by atoms with van der Waals surface area (Å²) in [5.41, 5.74) is 2.26. The molecule has 0 amide bonds. The zero-order valence-electron chi connectivity index (χ0n) is 23.8. The van der Waals surface area contributed by atoms with Crippen LogP contribution < -0.4 is 24.4 Å². The van der Waals surface area contributed by atoms with Crippen LogP contribution in [0, 0.1) is 0 Å². The van der Waals surface area contributed by atoms with Crippen LogP contribution >= 0.6 is 11.3 Å². The van der Waals surface area contributed by atoms with Gasteiger partial charge in [-0.1, -0.05) is 29.5 Å². The lowest BCUT2D eigenvalue weighted by atomic mass is 9.95. The molecule has 1 aromatic heterocycles. The average Bonchev–Trinajstić information content (AvgIpc) is 3.27. The smallest absolute Gasteiger partial charge is 0.343 e. The number of nitrogens with zero attached hydrogens (tertiary/aromatic N) is 2. The lowest BCUT2D eigenvalue weighted by Crippen LogP contribution is -2.40. The van der Waals surface area contributed by atoms with Gasteiger partial charge < -0.3 is 24.1 Å². The van der Waals surface area contributed by atoms with E-state index >= 15 is 0 Å². The molecule has 0 bridgehead atoms. The van der Waals surface area contributed by atoms with Gasteiger partial charge in [-0.15, -0.1) is 6.58 Å². The Hall–Kier alpha value is -4.64. The molecular formula is C31H32N2O8S. The molecule has 4 rings (SSSR count). The number of phenolic OH excluding ortho intramolecular Hbond substituents is 1. The van der Waals surface area contributed by atoms with Crippen molar-refractivity contribution in [3.63, 3.8) is 0 Å². The number of phenols is 1. The fourth-order valence-corrected chi connectivity index (χ4v) is 5.60. The minimum Gasteiger partial charge on any atom is -0.508 e. The summed E-state index contributed by atoms with van der Waals surface area (Å²) in [5, 5.41) is 10.2. The summed E-state index contributed by atoms with van der Waals surface area (Å²) in [6.07, 6.45) is 3.89. The van der Waals surface area contributed by atoms with Gasteiger partial charge in [-0.2, -0.15) is 0 Å². The summed E-state index contributed by atoms with van der Waals surface area (Å²) in [6.45, 7) is 9.08. The van der Waals surface area contributed by atoms with Crippen molar-refractivity contribution in [1.82, 2.24) is 4.57 Å². The van der Waals surface area contributed by atoms with Gasteiger partial charge in [0.2, 0.25) is 0 Å².